The van der Waals surface area contributed by atoms with Crippen molar-refractivity contribution in [3.63, 3.8) is 0 Å². The van der Waals surface area contributed by atoms with Gasteiger partial charge in [-0.2, -0.15) is 8.78 Å². The van der Waals surface area contributed by atoms with E-state index in [1.54, 1.807) is 24.3 Å². The third-order valence-electron chi connectivity index (χ3n) is 5.71. The van der Waals surface area contributed by atoms with Gasteiger partial charge in [-0.15, -0.1) is 0 Å². The van der Waals surface area contributed by atoms with Crippen LogP contribution in [0.25, 0.3) is 22.4 Å². The molecule has 0 fully saturated rings. The second-order valence-corrected chi connectivity index (χ2v) is 12.3. The van der Waals surface area contributed by atoms with Crippen LogP contribution in [0.1, 0.15) is 21.7 Å². The Hall–Kier alpha value is -3.25. The Balaban J connectivity index is 1.67. The third-order valence-corrected chi connectivity index (χ3v) is 8.17. The normalized spacial score (nSPS) is 12.7. The summed E-state index contributed by atoms with van der Waals surface area (Å²) in [6, 6.07) is 18.6. The largest absolute Gasteiger partial charge is 0.748 e. The van der Waals surface area contributed by atoms with Crippen LogP contribution in [0.5, 0.6) is 11.5 Å². The molecule has 0 aliphatic carbocycles. The molecule has 0 bridgehead atoms. The number of nitrogens with zero attached hydrogens (tertiary/aromatic N) is 2. The van der Waals surface area contributed by atoms with E-state index in [1.807, 2.05) is 86.0 Å². The molecule has 4 aromatic rings. The highest BCUT2D eigenvalue weighted by Gasteiger charge is 2.20. The van der Waals surface area contributed by atoms with E-state index in [0.29, 0.717) is 17.1 Å². The number of aryl methyl sites for hydroxylation is 3. The number of benzene rings is 3. The maximum atomic E-state index is 12.7. The van der Waals surface area contributed by atoms with Gasteiger partial charge in [0.25, 0.3) is 5.01 Å². The summed E-state index contributed by atoms with van der Waals surface area (Å²) in [5.74, 6) is 0.257. The van der Waals surface area contributed by atoms with Crippen LogP contribution in [-0.4, -0.2) is 37.0 Å². The first-order valence-electron chi connectivity index (χ1n) is 11.7. The Morgan fingerprint density at radius 1 is 0.974 bits per heavy atom. The summed E-state index contributed by atoms with van der Waals surface area (Å²) in [5, 5.41) is 0.758. The van der Waals surface area contributed by atoms with Crippen LogP contribution in [-0.2, 0) is 28.0 Å². The predicted octanol–water partition coefficient (Wildman–Crippen LogP) is 4.62. The van der Waals surface area contributed by atoms with Gasteiger partial charge in [-0.1, -0.05) is 35.1 Å². The van der Waals surface area contributed by atoms with Gasteiger partial charge in [0, 0.05) is 43.6 Å². The van der Waals surface area contributed by atoms with Gasteiger partial charge in [-0.25, -0.2) is 8.42 Å². The first kappa shape index (κ1) is 27.8. The fourth-order valence-electron chi connectivity index (χ4n) is 3.70. The van der Waals surface area contributed by atoms with Gasteiger partial charge in [0.1, 0.15) is 20.6 Å². The Kier molecular flexibility index (Phi) is 8.51. The molecule has 8 nitrogen and oxygen atoms in total. The lowest BCUT2D eigenvalue weighted by Crippen LogP contribution is -2.38. The molecule has 0 saturated carbocycles. The molecule has 1 aromatic heterocycles. The summed E-state index contributed by atoms with van der Waals surface area (Å²) in [6.45, 7) is 3.94. The fraction of sp³-hybridized carbons (Fsp3) is 0.222. The first-order valence-corrected chi connectivity index (χ1v) is 15.1. The molecule has 0 radical (unpaired) electrons. The van der Waals surface area contributed by atoms with Crippen molar-refractivity contribution in [3.8, 4) is 11.5 Å². The summed E-state index contributed by atoms with van der Waals surface area (Å²) in [4.78, 5) is 1.90. The zero-order chi connectivity index (χ0) is 27.4. The third kappa shape index (κ3) is 7.19. The van der Waals surface area contributed by atoms with E-state index in [0.717, 1.165) is 32.0 Å². The van der Waals surface area contributed by atoms with Crippen molar-refractivity contribution < 1.29 is 30.1 Å². The lowest BCUT2D eigenvalue weighted by molar-refractivity contribution is -0.664. The van der Waals surface area contributed by atoms with E-state index in [4.69, 9.17) is 8.37 Å². The molecule has 0 saturated heterocycles. The Labute approximate surface area is 229 Å². The molecule has 4 rings (SSSR count). The van der Waals surface area contributed by atoms with Crippen molar-refractivity contribution in [2.75, 3.05) is 24.7 Å². The minimum absolute atomic E-state index is 0.0340. The maximum absolute atomic E-state index is 12.7. The number of rotatable bonds is 10. The lowest BCUT2D eigenvalue weighted by Gasteiger charge is -2.15. The zero-order valence-electron chi connectivity index (χ0n) is 21.4. The van der Waals surface area contributed by atoms with Gasteiger partial charge in [0.05, 0.1) is 5.75 Å². The average Bonchev–Trinajstić information content (AvgIpc) is 3.19. The smallest absolute Gasteiger partial charge is 0.417 e. The van der Waals surface area contributed by atoms with Crippen LogP contribution < -0.4 is 17.8 Å². The van der Waals surface area contributed by atoms with Gasteiger partial charge < -0.3 is 17.8 Å². The zero-order valence-corrected chi connectivity index (χ0v) is 23.9. The molecular formula is C27H28N2O6S3. The molecule has 200 valence electrons. The Bertz CT molecular complexity index is 1610. The number of hydrogen-bond donors (Lipinski definition) is 0. The summed E-state index contributed by atoms with van der Waals surface area (Å²) in [7, 11) is -0.608. The van der Waals surface area contributed by atoms with Gasteiger partial charge in [-0.3, -0.25) is 0 Å². The molecule has 11 heteroatoms. The van der Waals surface area contributed by atoms with E-state index >= 15 is 0 Å². The average molecular weight is 573 g/mol. The molecule has 0 amide bonds. The van der Waals surface area contributed by atoms with Crippen molar-refractivity contribution in [3.05, 3.63) is 82.4 Å². The Morgan fingerprint density at radius 3 is 2.37 bits per heavy atom. The summed E-state index contributed by atoms with van der Waals surface area (Å²) in [5.41, 5.74) is 4.42. The quantitative estimate of drug-likeness (QED) is 0.202. The van der Waals surface area contributed by atoms with Crippen LogP contribution in [0, 0.1) is 13.8 Å². The number of thiazole rings is 1. The topological polar surface area (TPSA) is 99.9 Å². The van der Waals surface area contributed by atoms with E-state index in [2.05, 4.69) is 0 Å². The molecule has 38 heavy (non-hydrogen) atoms. The molecule has 3 aromatic carbocycles. The molecular weight excluding hydrogens is 545 g/mol. The number of anilines is 1. The van der Waals surface area contributed by atoms with Crippen molar-refractivity contribution in [1.82, 2.24) is 0 Å². The lowest BCUT2D eigenvalue weighted by atomic mass is 10.1. The van der Waals surface area contributed by atoms with Gasteiger partial charge in [-0.05, 0) is 55.8 Å². The molecule has 0 spiro atoms. The molecule has 0 aliphatic rings. The van der Waals surface area contributed by atoms with E-state index < -0.39 is 27.2 Å². The van der Waals surface area contributed by atoms with Crippen LogP contribution in [0.3, 0.4) is 0 Å². The Morgan fingerprint density at radius 2 is 1.68 bits per heavy atom. The van der Waals surface area contributed by atoms with Crippen LogP contribution in [0.4, 0.5) is 5.69 Å². The summed E-state index contributed by atoms with van der Waals surface area (Å²) >= 11 is -0.619. The molecule has 1 atom stereocenters. The number of fused-ring (bicyclic) bond motifs is 1. The van der Waals surface area contributed by atoms with Gasteiger partial charge in [0.15, 0.2) is 12.3 Å². The van der Waals surface area contributed by atoms with Crippen LogP contribution in [0.2, 0.25) is 0 Å². The monoisotopic (exact) mass is 572 g/mol. The summed E-state index contributed by atoms with van der Waals surface area (Å²) < 4.78 is 60.7. The maximum Gasteiger partial charge on any atom is 0.417 e. The molecule has 1 heterocycles. The van der Waals surface area contributed by atoms with E-state index in [9.17, 15) is 17.2 Å². The second-order valence-electron chi connectivity index (χ2n) is 8.96. The van der Waals surface area contributed by atoms with Gasteiger partial charge in [0.2, 0.25) is 5.52 Å². The molecule has 0 aliphatic heterocycles. The number of aromatic nitrogens is 1. The van der Waals surface area contributed by atoms with E-state index in [-0.39, 0.29) is 6.54 Å². The van der Waals surface area contributed by atoms with Crippen LogP contribution in [0.15, 0.2) is 60.7 Å². The minimum Gasteiger partial charge on any atom is -0.748 e. The standard InChI is InChI=1S/C27H28N2O6S3/c1-19-5-11-23(12-6-19)34-37(30)35-25-18-22(28(3)4)10-8-21(25)9-14-27-29(15-16-38(31,32)33)24-17-20(2)7-13-26(24)36-27/h5-14,17-18H,15-16H2,1-4H3. The molecule has 1 unspecified atom stereocenters. The van der Waals surface area contributed by atoms with E-state index in [1.165, 1.54) is 11.3 Å². The fourth-order valence-corrected chi connectivity index (χ4v) is 5.77. The van der Waals surface area contributed by atoms with Crippen molar-refractivity contribution >= 4 is 60.9 Å². The van der Waals surface area contributed by atoms with Crippen LogP contribution >= 0.6 is 11.3 Å². The predicted molar refractivity (Wildman–Crippen MR) is 152 cm³/mol. The molecule has 0 N–H and O–H groups in total. The van der Waals surface area contributed by atoms with Crippen molar-refractivity contribution in [2.24, 2.45) is 0 Å². The highest BCUT2D eigenvalue weighted by atomic mass is 32.2. The highest BCUT2D eigenvalue weighted by Crippen LogP contribution is 2.29. The van der Waals surface area contributed by atoms with Crippen molar-refractivity contribution in [2.45, 2.75) is 20.4 Å². The second kappa shape index (κ2) is 11.6. The number of hydrogen-bond acceptors (Lipinski definition) is 8. The summed E-state index contributed by atoms with van der Waals surface area (Å²) in [6.07, 6.45) is 3.64. The SMILES string of the molecule is Cc1ccc(OS(=O)Oc2cc(N(C)C)ccc2/C=C/c2sc3ccc(C)cc3[n+]2CCS(=O)(=O)[O-])cc1. The first-order chi connectivity index (χ1) is 18.0. The highest BCUT2D eigenvalue weighted by molar-refractivity contribution is 7.85. The minimum atomic E-state index is -4.39. The van der Waals surface area contributed by atoms with Gasteiger partial charge >= 0.3 is 11.4 Å². The van der Waals surface area contributed by atoms with Crippen molar-refractivity contribution in [1.29, 1.82) is 0 Å².